The van der Waals surface area contributed by atoms with E-state index in [0.29, 0.717) is 6.10 Å². The lowest BCUT2D eigenvalue weighted by molar-refractivity contribution is 0.0168. The second-order valence-electron chi connectivity index (χ2n) is 6.22. The number of hydrogen-bond donors (Lipinski definition) is 2. The maximum atomic E-state index is 5.89. The summed E-state index contributed by atoms with van der Waals surface area (Å²) < 4.78 is 11.2. The van der Waals surface area contributed by atoms with Crippen molar-refractivity contribution in [2.45, 2.75) is 38.2 Å². The molecule has 5 nitrogen and oxygen atoms in total. The van der Waals surface area contributed by atoms with Crippen LogP contribution in [-0.4, -0.2) is 52.0 Å². The molecule has 140 valence electrons. The number of guanidine groups is 1. The Balaban J connectivity index is 1.46. The van der Waals surface area contributed by atoms with E-state index in [1.54, 1.807) is 7.05 Å². The molecule has 1 aromatic rings. The summed E-state index contributed by atoms with van der Waals surface area (Å²) in [5.41, 5.74) is 1.30. The van der Waals surface area contributed by atoms with Crippen molar-refractivity contribution in [3.63, 3.8) is 0 Å². The lowest BCUT2D eigenvalue weighted by atomic mass is 10.1. The van der Waals surface area contributed by atoms with Crippen LogP contribution >= 0.6 is 11.6 Å². The molecule has 1 heterocycles. The topological polar surface area (TPSA) is 54.9 Å². The van der Waals surface area contributed by atoms with Gasteiger partial charge in [0.05, 0.1) is 12.7 Å². The predicted molar refractivity (Wildman–Crippen MR) is 104 cm³/mol. The number of aliphatic imine (C=N–C) groups is 1. The molecule has 25 heavy (non-hydrogen) atoms. The van der Waals surface area contributed by atoms with E-state index >= 15 is 0 Å². The first-order valence-corrected chi connectivity index (χ1v) is 9.54. The van der Waals surface area contributed by atoms with Gasteiger partial charge in [0, 0.05) is 38.4 Å². The highest BCUT2D eigenvalue weighted by molar-refractivity contribution is 6.30. The summed E-state index contributed by atoms with van der Waals surface area (Å²) in [4.78, 5) is 4.24. The van der Waals surface area contributed by atoms with Crippen LogP contribution < -0.4 is 10.6 Å². The van der Waals surface area contributed by atoms with Crippen LogP contribution in [0.4, 0.5) is 0 Å². The van der Waals surface area contributed by atoms with Gasteiger partial charge in [-0.05, 0) is 49.8 Å². The summed E-state index contributed by atoms with van der Waals surface area (Å²) in [6, 6.07) is 8.02. The number of nitrogens with one attached hydrogen (secondary N) is 2. The third-order valence-corrected chi connectivity index (χ3v) is 4.41. The van der Waals surface area contributed by atoms with E-state index < -0.39 is 0 Å². The quantitative estimate of drug-likeness (QED) is 0.379. The Morgan fingerprint density at radius 1 is 1.24 bits per heavy atom. The molecular weight excluding hydrogens is 338 g/mol. The monoisotopic (exact) mass is 367 g/mol. The minimum absolute atomic E-state index is 0.308. The Hall–Kier alpha value is -1.30. The van der Waals surface area contributed by atoms with Crippen molar-refractivity contribution in [3.8, 4) is 0 Å². The normalized spacial score (nSPS) is 17.7. The standard InChI is InChI=1S/C19H30ClN3O2/c1-21-19(22-11-2-5-16-7-9-17(20)10-8-16)23-12-4-13-24-15-18-6-3-14-25-18/h7-10,18H,2-6,11-15H2,1H3,(H2,21,22,23). The number of ether oxygens (including phenoxy) is 2. The molecular formula is C19H30ClN3O2. The van der Waals surface area contributed by atoms with Gasteiger partial charge in [-0.25, -0.2) is 0 Å². The van der Waals surface area contributed by atoms with E-state index in [-0.39, 0.29) is 0 Å². The van der Waals surface area contributed by atoms with Crippen molar-refractivity contribution in [1.29, 1.82) is 0 Å². The van der Waals surface area contributed by atoms with Crippen LogP contribution in [0.25, 0.3) is 0 Å². The molecule has 6 heteroatoms. The highest BCUT2D eigenvalue weighted by Crippen LogP contribution is 2.12. The van der Waals surface area contributed by atoms with E-state index in [1.807, 2.05) is 12.1 Å². The van der Waals surface area contributed by atoms with Crippen molar-refractivity contribution < 1.29 is 9.47 Å². The fourth-order valence-corrected chi connectivity index (χ4v) is 2.87. The molecule has 0 aromatic heterocycles. The van der Waals surface area contributed by atoms with Crippen molar-refractivity contribution in [1.82, 2.24) is 10.6 Å². The van der Waals surface area contributed by atoms with Crippen LogP contribution in [-0.2, 0) is 15.9 Å². The first-order chi connectivity index (χ1) is 12.3. The van der Waals surface area contributed by atoms with Gasteiger partial charge in [-0.3, -0.25) is 4.99 Å². The molecule has 0 amide bonds. The maximum Gasteiger partial charge on any atom is 0.190 e. The zero-order valence-corrected chi connectivity index (χ0v) is 15.9. The van der Waals surface area contributed by atoms with Gasteiger partial charge in [0.25, 0.3) is 0 Å². The molecule has 2 N–H and O–H groups in total. The SMILES string of the molecule is CN=C(NCCCOCC1CCCO1)NCCCc1ccc(Cl)cc1. The second-order valence-corrected chi connectivity index (χ2v) is 6.66. The minimum atomic E-state index is 0.308. The van der Waals surface area contributed by atoms with Gasteiger partial charge in [0.15, 0.2) is 5.96 Å². The smallest absolute Gasteiger partial charge is 0.190 e. The molecule has 0 radical (unpaired) electrons. The molecule has 1 fully saturated rings. The van der Waals surface area contributed by atoms with E-state index in [4.69, 9.17) is 21.1 Å². The number of hydrogen-bond acceptors (Lipinski definition) is 3. The summed E-state index contributed by atoms with van der Waals surface area (Å²) in [6.45, 7) is 4.09. The van der Waals surface area contributed by atoms with Gasteiger partial charge in [0.2, 0.25) is 0 Å². The molecule has 0 saturated carbocycles. The number of rotatable bonds is 10. The highest BCUT2D eigenvalue weighted by atomic mass is 35.5. The number of benzene rings is 1. The van der Waals surface area contributed by atoms with E-state index in [1.165, 1.54) is 5.56 Å². The molecule has 2 rings (SSSR count). The van der Waals surface area contributed by atoms with Crippen molar-refractivity contribution in [3.05, 3.63) is 34.9 Å². The molecule has 0 spiro atoms. The van der Waals surface area contributed by atoms with Crippen molar-refractivity contribution in [2.75, 3.05) is 40.0 Å². The van der Waals surface area contributed by atoms with Crippen LogP contribution in [0.3, 0.4) is 0 Å². The minimum Gasteiger partial charge on any atom is -0.379 e. The van der Waals surface area contributed by atoms with Gasteiger partial charge in [-0.1, -0.05) is 23.7 Å². The fraction of sp³-hybridized carbons (Fsp3) is 0.632. The average molecular weight is 368 g/mol. The Labute approximate surface area is 156 Å². The summed E-state index contributed by atoms with van der Waals surface area (Å²) >= 11 is 5.89. The molecule has 0 bridgehead atoms. The number of halogens is 1. The average Bonchev–Trinajstić information content (AvgIpc) is 3.14. The zero-order valence-electron chi connectivity index (χ0n) is 15.1. The molecule has 0 aliphatic carbocycles. The Morgan fingerprint density at radius 3 is 2.68 bits per heavy atom. The van der Waals surface area contributed by atoms with Crippen LogP contribution in [0.15, 0.2) is 29.3 Å². The van der Waals surface area contributed by atoms with Gasteiger partial charge in [0.1, 0.15) is 0 Å². The number of nitrogens with zero attached hydrogens (tertiary/aromatic N) is 1. The predicted octanol–water partition coefficient (Wildman–Crippen LogP) is 3.02. The first kappa shape index (κ1) is 20.0. The van der Waals surface area contributed by atoms with Gasteiger partial charge in [-0.2, -0.15) is 0 Å². The zero-order chi connectivity index (χ0) is 17.7. The van der Waals surface area contributed by atoms with Crippen LogP contribution in [0.1, 0.15) is 31.2 Å². The molecule has 1 saturated heterocycles. The van der Waals surface area contributed by atoms with Crippen molar-refractivity contribution >= 4 is 17.6 Å². The largest absolute Gasteiger partial charge is 0.379 e. The Morgan fingerprint density at radius 2 is 2.00 bits per heavy atom. The third-order valence-electron chi connectivity index (χ3n) is 4.16. The molecule has 1 unspecified atom stereocenters. The van der Waals surface area contributed by atoms with Crippen LogP contribution in [0, 0.1) is 0 Å². The summed E-state index contributed by atoms with van der Waals surface area (Å²) in [5.74, 6) is 0.843. The Bertz CT molecular complexity index is 502. The van der Waals surface area contributed by atoms with Gasteiger partial charge >= 0.3 is 0 Å². The lowest BCUT2D eigenvalue weighted by Crippen LogP contribution is -2.38. The molecule has 1 aliphatic rings. The summed E-state index contributed by atoms with van der Waals surface area (Å²) in [6.07, 6.45) is 5.63. The molecule has 1 aliphatic heterocycles. The Kier molecular flexibility index (Phi) is 9.70. The molecule has 1 aromatic carbocycles. The van der Waals surface area contributed by atoms with Gasteiger partial charge in [-0.15, -0.1) is 0 Å². The van der Waals surface area contributed by atoms with Crippen LogP contribution in [0.5, 0.6) is 0 Å². The van der Waals surface area contributed by atoms with E-state index in [0.717, 1.165) is 76.0 Å². The summed E-state index contributed by atoms with van der Waals surface area (Å²) in [5, 5.41) is 7.44. The van der Waals surface area contributed by atoms with E-state index in [9.17, 15) is 0 Å². The van der Waals surface area contributed by atoms with E-state index in [2.05, 4.69) is 27.8 Å². The highest BCUT2D eigenvalue weighted by Gasteiger charge is 2.14. The van der Waals surface area contributed by atoms with Gasteiger partial charge < -0.3 is 20.1 Å². The van der Waals surface area contributed by atoms with Crippen molar-refractivity contribution in [2.24, 2.45) is 4.99 Å². The third kappa shape index (κ3) is 8.56. The second kappa shape index (κ2) is 12.1. The van der Waals surface area contributed by atoms with Crippen LogP contribution in [0.2, 0.25) is 5.02 Å². The molecule has 1 atom stereocenters. The first-order valence-electron chi connectivity index (χ1n) is 9.16. The summed E-state index contributed by atoms with van der Waals surface area (Å²) in [7, 11) is 1.79. The number of aryl methyl sites for hydroxylation is 1. The lowest BCUT2D eigenvalue weighted by Gasteiger charge is -2.13. The maximum absolute atomic E-state index is 5.89. The fourth-order valence-electron chi connectivity index (χ4n) is 2.74.